The first-order chi connectivity index (χ1) is 14.7. The third-order valence-electron chi connectivity index (χ3n) is 4.57. The second kappa shape index (κ2) is 9.36. The van der Waals surface area contributed by atoms with Crippen molar-refractivity contribution in [3.8, 4) is 28.6 Å². The summed E-state index contributed by atoms with van der Waals surface area (Å²) in [6, 6.07) is 24.2. The van der Waals surface area contributed by atoms with Crippen LogP contribution in [0.1, 0.15) is 5.56 Å². The van der Waals surface area contributed by atoms with Crippen LogP contribution in [-0.2, 0) is 5.75 Å². The van der Waals surface area contributed by atoms with E-state index < -0.39 is 0 Å². The SMILES string of the molecule is COc1ccc(-c2nnc(SCc3ccc(Br)cc3)n2-c2ccccc2)cc1OC. The normalized spacial score (nSPS) is 10.8. The molecule has 7 heteroatoms. The minimum atomic E-state index is 0.654. The summed E-state index contributed by atoms with van der Waals surface area (Å²) in [6.07, 6.45) is 0. The second-order valence-electron chi connectivity index (χ2n) is 6.46. The molecular weight excluding hydrogens is 462 g/mol. The van der Waals surface area contributed by atoms with Gasteiger partial charge in [0.15, 0.2) is 22.5 Å². The van der Waals surface area contributed by atoms with Crippen molar-refractivity contribution in [3.63, 3.8) is 0 Å². The Hall–Kier alpha value is -2.77. The van der Waals surface area contributed by atoms with Gasteiger partial charge in [0.1, 0.15) is 0 Å². The van der Waals surface area contributed by atoms with Gasteiger partial charge in [-0.05, 0) is 48.0 Å². The van der Waals surface area contributed by atoms with E-state index in [1.165, 1.54) is 5.56 Å². The molecule has 4 rings (SSSR count). The Bertz CT molecular complexity index is 1130. The number of nitrogens with zero attached hydrogens (tertiary/aromatic N) is 3. The number of benzene rings is 3. The Morgan fingerprint density at radius 3 is 2.30 bits per heavy atom. The summed E-state index contributed by atoms with van der Waals surface area (Å²) >= 11 is 5.13. The number of hydrogen-bond donors (Lipinski definition) is 0. The number of hydrogen-bond acceptors (Lipinski definition) is 5. The van der Waals surface area contributed by atoms with E-state index in [1.807, 2.05) is 48.5 Å². The molecule has 1 heterocycles. The summed E-state index contributed by atoms with van der Waals surface area (Å²) in [5.41, 5.74) is 3.13. The number of para-hydroxylation sites is 1. The van der Waals surface area contributed by atoms with E-state index in [9.17, 15) is 0 Å². The van der Waals surface area contributed by atoms with Crippen LogP contribution in [0.2, 0.25) is 0 Å². The zero-order valence-electron chi connectivity index (χ0n) is 16.6. The molecule has 0 atom stereocenters. The van der Waals surface area contributed by atoms with Crippen LogP contribution in [0.15, 0.2) is 82.4 Å². The van der Waals surface area contributed by atoms with Crippen LogP contribution in [0, 0.1) is 0 Å². The van der Waals surface area contributed by atoms with Gasteiger partial charge in [0.2, 0.25) is 0 Å². The maximum atomic E-state index is 5.47. The lowest BCUT2D eigenvalue weighted by Crippen LogP contribution is -2.00. The lowest BCUT2D eigenvalue weighted by Gasteiger charge is -2.12. The third kappa shape index (κ3) is 4.37. The van der Waals surface area contributed by atoms with Gasteiger partial charge in [0.25, 0.3) is 0 Å². The van der Waals surface area contributed by atoms with E-state index in [0.29, 0.717) is 11.5 Å². The van der Waals surface area contributed by atoms with Crippen molar-refractivity contribution in [3.05, 3.63) is 82.8 Å². The fourth-order valence-electron chi connectivity index (χ4n) is 3.06. The summed E-state index contributed by atoms with van der Waals surface area (Å²) in [6.45, 7) is 0. The van der Waals surface area contributed by atoms with Gasteiger partial charge in [-0.1, -0.05) is 58.0 Å². The van der Waals surface area contributed by atoms with Crippen LogP contribution in [0.3, 0.4) is 0 Å². The summed E-state index contributed by atoms with van der Waals surface area (Å²) in [7, 11) is 3.25. The molecule has 1 aromatic heterocycles. The quantitative estimate of drug-likeness (QED) is 0.302. The van der Waals surface area contributed by atoms with Crippen molar-refractivity contribution in [2.45, 2.75) is 10.9 Å². The van der Waals surface area contributed by atoms with E-state index in [-0.39, 0.29) is 0 Å². The Kier molecular flexibility index (Phi) is 6.40. The van der Waals surface area contributed by atoms with Crippen LogP contribution in [0.25, 0.3) is 17.1 Å². The lowest BCUT2D eigenvalue weighted by molar-refractivity contribution is 0.355. The van der Waals surface area contributed by atoms with Gasteiger partial charge in [0, 0.05) is 21.5 Å². The smallest absolute Gasteiger partial charge is 0.196 e. The summed E-state index contributed by atoms with van der Waals surface area (Å²) < 4.78 is 14.0. The topological polar surface area (TPSA) is 49.2 Å². The Morgan fingerprint density at radius 2 is 1.60 bits per heavy atom. The van der Waals surface area contributed by atoms with Crippen molar-refractivity contribution in [1.29, 1.82) is 0 Å². The van der Waals surface area contributed by atoms with Gasteiger partial charge in [-0.2, -0.15) is 0 Å². The van der Waals surface area contributed by atoms with Crippen molar-refractivity contribution >= 4 is 27.7 Å². The number of rotatable bonds is 7. The van der Waals surface area contributed by atoms with E-state index in [0.717, 1.165) is 32.5 Å². The zero-order valence-corrected chi connectivity index (χ0v) is 19.0. The zero-order chi connectivity index (χ0) is 20.9. The van der Waals surface area contributed by atoms with E-state index in [4.69, 9.17) is 9.47 Å². The maximum absolute atomic E-state index is 5.47. The molecule has 5 nitrogen and oxygen atoms in total. The molecule has 0 aliphatic heterocycles. The standard InChI is InChI=1S/C23H20BrN3O2S/c1-28-20-13-10-17(14-21(20)29-2)22-25-26-23(27(22)19-6-4-3-5-7-19)30-15-16-8-11-18(24)12-9-16/h3-14H,15H2,1-2H3. The van der Waals surface area contributed by atoms with Gasteiger partial charge in [-0.25, -0.2) is 0 Å². The molecule has 0 aliphatic rings. The van der Waals surface area contributed by atoms with Gasteiger partial charge in [0.05, 0.1) is 14.2 Å². The highest BCUT2D eigenvalue weighted by atomic mass is 79.9. The molecule has 152 valence electrons. The van der Waals surface area contributed by atoms with Crippen molar-refractivity contribution < 1.29 is 9.47 Å². The van der Waals surface area contributed by atoms with E-state index in [2.05, 4.69) is 55.0 Å². The molecule has 0 spiro atoms. The van der Waals surface area contributed by atoms with Gasteiger partial charge in [-0.15, -0.1) is 10.2 Å². The Balaban J connectivity index is 1.73. The van der Waals surface area contributed by atoms with Crippen molar-refractivity contribution in [2.75, 3.05) is 14.2 Å². The van der Waals surface area contributed by atoms with Crippen LogP contribution in [0.4, 0.5) is 0 Å². The van der Waals surface area contributed by atoms with E-state index >= 15 is 0 Å². The molecule has 0 aliphatic carbocycles. The highest BCUT2D eigenvalue weighted by Crippen LogP contribution is 2.34. The van der Waals surface area contributed by atoms with Crippen LogP contribution in [-0.4, -0.2) is 29.0 Å². The molecule has 0 bridgehead atoms. The van der Waals surface area contributed by atoms with E-state index in [1.54, 1.807) is 26.0 Å². The number of halogens is 1. The molecule has 0 radical (unpaired) electrons. The summed E-state index contributed by atoms with van der Waals surface area (Å²) in [4.78, 5) is 0. The first kappa shape index (κ1) is 20.5. The number of aromatic nitrogens is 3. The fourth-order valence-corrected chi connectivity index (χ4v) is 4.24. The minimum absolute atomic E-state index is 0.654. The predicted molar refractivity (Wildman–Crippen MR) is 124 cm³/mol. The van der Waals surface area contributed by atoms with Crippen molar-refractivity contribution in [2.24, 2.45) is 0 Å². The molecule has 0 amide bonds. The molecule has 0 unspecified atom stereocenters. The number of ether oxygens (including phenoxy) is 2. The molecule has 3 aromatic carbocycles. The monoisotopic (exact) mass is 481 g/mol. The first-order valence-corrected chi connectivity index (χ1v) is 11.1. The largest absolute Gasteiger partial charge is 0.493 e. The van der Waals surface area contributed by atoms with Gasteiger partial charge >= 0.3 is 0 Å². The average molecular weight is 482 g/mol. The average Bonchev–Trinajstić information content (AvgIpc) is 3.22. The number of thioether (sulfide) groups is 1. The predicted octanol–water partition coefficient (Wildman–Crippen LogP) is 6.01. The van der Waals surface area contributed by atoms with Crippen molar-refractivity contribution in [1.82, 2.24) is 14.8 Å². The fraction of sp³-hybridized carbons (Fsp3) is 0.130. The second-order valence-corrected chi connectivity index (χ2v) is 8.32. The lowest BCUT2D eigenvalue weighted by atomic mass is 10.2. The van der Waals surface area contributed by atoms with Gasteiger partial charge < -0.3 is 9.47 Å². The first-order valence-electron chi connectivity index (χ1n) is 9.30. The van der Waals surface area contributed by atoms with Crippen LogP contribution < -0.4 is 9.47 Å². The summed E-state index contributed by atoms with van der Waals surface area (Å²) in [5, 5.41) is 9.83. The molecule has 30 heavy (non-hydrogen) atoms. The molecule has 0 N–H and O–H groups in total. The molecule has 4 aromatic rings. The molecular formula is C23H20BrN3O2S. The van der Waals surface area contributed by atoms with Gasteiger partial charge in [-0.3, -0.25) is 4.57 Å². The molecule has 0 fully saturated rings. The molecule has 0 saturated heterocycles. The number of methoxy groups -OCH3 is 2. The third-order valence-corrected chi connectivity index (χ3v) is 6.10. The molecule has 0 saturated carbocycles. The Morgan fingerprint density at radius 1 is 0.867 bits per heavy atom. The minimum Gasteiger partial charge on any atom is -0.493 e. The highest BCUT2D eigenvalue weighted by Gasteiger charge is 2.18. The maximum Gasteiger partial charge on any atom is 0.196 e. The Labute approximate surface area is 188 Å². The van der Waals surface area contributed by atoms with Crippen LogP contribution >= 0.6 is 27.7 Å². The highest BCUT2D eigenvalue weighted by molar-refractivity contribution is 9.10. The van der Waals surface area contributed by atoms with Crippen LogP contribution in [0.5, 0.6) is 11.5 Å². The summed E-state index contributed by atoms with van der Waals surface area (Å²) in [5.74, 6) is 2.88.